The molecule has 3 N–H and O–H groups in total. The quantitative estimate of drug-likeness (QED) is 0.844. The van der Waals surface area contributed by atoms with Gasteiger partial charge in [0.05, 0.1) is 11.9 Å². The number of rotatable bonds is 4. The third kappa shape index (κ3) is 2.78. The van der Waals surface area contributed by atoms with Crippen LogP contribution in [0.1, 0.15) is 11.1 Å². The molecule has 2 aromatic heterocycles. The average molecular weight is 230 g/mol. The lowest BCUT2D eigenvalue weighted by Crippen LogP contribution is -2.22. The van der Waals surface area contributed by atoms with Crippen molar-refractivity contribution in [2.24, 2.45) is 0 Å². The standard InChI is InChI=1S/C13H18N4/c1-10-7-12(14)9-16-13(10)17(2)6-4-11-3-5-15-8-11/h3,5,7-9,15H,4,6,14H2,1-2H3. The number of H-pyrrole nitrogens is 1. The van der Waals surface area contributed by atoms with Gasteiger partial charge < -0.3 is 15.6 Å². The smallest absolute Gasteiger partial charge is 0.131 e. The maximum Gasteiger partial charge on any atom is 0.131 e. The van der Waals surface area contributed by atoms with Crippen LogP contribution in [-0.4, -0.2) is 23.6 Å². The van der Waals surface area contributed by atoms with Crippen LogP contribution in [0.25, 0.3) is 0 Å². The second kappa shape index (κ2) is 4.91. The Labute approximate surface area is 101 Å². The summed E-state index contributed by atoms with van der Waals surface area (Å²) in [5.74, 6) is 0.995. The molecule has 0 atom stereocenters. The highest BCUT2D eigenvalue weighted by atomic mass is 15.2. The van der Waals surface area contributed by atoms with E-state index < -0.39 is 0 Å². The first-order valence-electron chi connectivity index (χ1n) is 5.72. The molecular weight excluding hydrogens is 212 g/mol. The Kier molecular flexibility index (Phi) is 3.32. The Hall–Kier alpha value is -1.97. The van der Waals surface area contributed by atoms with Gasteiger partial charge in [-0.1, -0.05) is 0 Å². The van der Waals surface area contributed by atoms with Crippen molar-refractivity contribution in [3.05, 3.63) is 41.9 Å². The Bertz CT molecular complexity index is 476. The van der Waals surface area contributed by atoms with Crippen LogP contribution in [-0.2, 0) is 6.42 Å². The molecule has 0 amide bonds. The average Bonchev–Trinajstić information content (AvgIpc) is 2.78. The third-order valence-electron chi connectivity index (χ3n) is 2.83. The predicted molar refractivity (Wildman–Crippen MR) is 71.2 cm³/mol. The van der Waals surface area contributed by atoms with Crippen LogP contribution in [0.5, 0.6) is 0 Å². The number of hydrogen-bond acceptors (Lipinski definition) is 3. The molecule has 0 spiro atoms. The van der Waals surface area contributed by atoms with Gasteiger partial charge in [0.1, 0.15) is 5.82 Å². The molecule has 0 fully saturated rings. The molecular formula is C13H18N4. The fourth-order valence-electron chi connectivity index (χ4n) is 1.91. The van der Waals surface area contributed by atoms with Gasteiger partial charge in [0, 0.05) is 26.0 Å². The van der Waals surface area contributed by atoms with Crippen LogP contribution < -0.4 is 10.6 Å². The van der Waals surface area contributed by atoms with Crippen molar-refractivity contribution < 1.29 is 0 Å². The number of aryl methyl sites for hydroxylation is 1. The summed E-state index contributed by atoms with van der Waals surface area (Å²) < 4.78 is 0. The second-order valence-corrected chi connectivity index (χ2v) is 4.30. The summed E-state index contributed by atoms with van der Waals surface area (Å²) in [5.41, 5.74) is 8.83. The van der Waals surface area contributed by atoms with Crippen LogP contribution >= 0.6 is 0 Å². The Morgan fingerprint density at radius 3 is 2.94 bits per heavy atom. The van der Waals surface area contributed by atoms with Gasteiger partial charge in [-0.25, -0.2) is 4.98 Å². The number of likely N-dealkylation sites (N-methyl/N-ethyl adjacent to an activating group) is 1. The zero-order valence-corrected chi connectivity index (χ0v) is 10.3. The normalized spacial score (nSPS) is 10.5. The number of nitrogens with one attached hydrogen (secondary N) is 1. The van der Waals surface area contributed by atoms with Gasteiger partial charge in [0.25, 0.3) is 0 Å². The van der Waals surface area contributed by atoms with E-state index in [1.165, 1.54) is 5.56 Å². The van der Waals surface area contributed by atoms with Gasteiger partial charge >= 0.3 is 0 Å². The molecule has 0 bridgehead atoms. The first-order chi connectivity index (χ1) is 8.16. The summed E-state index contributed by atoms with van der Waals surface area (Å²) in [5, 5.41) is 0. The van der Waals surface area contributed by atoms with E-state index in [1.807, 2.05) is 25.4 Å². The summed E-state index contributed by atoms with van der Waals surface area (Å²) in [6.07, 6.45) is 6.68. The lowest BCUT2D eigenvalue weighted by Gasteiger charge is -2.20. The van der Waals surface area contributed by atoms with Gasteiger partial charge in [-0.3, -0.25) is 0 Å². The Balaban J connectivity index is 2.01. The van der Waals surface area contributed by atoms with Crippen LogP contribution in [0, 0.1) is 6.92 Å². The minimum Gasteiger partial charge on any atom is -0.397 e. The summed E-state index contributed by atoms with van der Waals surface area (Å²) in [6, 6.07) is 4.05. The first kappa shape index (κ1) is 11.5. The molecule has 4 nitrogen and oxygen atoms in total. The number of anilines is 2. The minimum absolute atomic E-state index is 0.713. The van der Waals surface area contributed by atoms with E-state index in [0.29, 0.717) is 5.69 Å². The SMILES string of the molecule is Cc1cc(N)cnc1N(C)CCc1cc[nH]c1. The Morgan fingerprint density at radius 1 is 1.47 bits per heavy atom. The molecule has 2 aromatic rings. The van der Waals surface area contributed by atoms with Crippen LogP contribution in [0.3, 0.4) is 0 Å². The molecule has 0 aliphatic carbocycles. The van der Waals surface area contributed by atoms with Crippen molar-refractivity contribution in [3.8, 4) is 0 Å². The molecule has 4 heteroatoms. The topological polar surface area (TPSA) is 57.9 Å². The van der Waals surface area contributed by atoms with Gasteiger partial charge in [-0.05, 0) is 36.6 Å². The van der Waals surface area contributed by atoms with Gasteiger partial charge in [-0.15, -0.1) is 0 Å². The maximum atomic E-state index is 5.69. The summed E-state index contributed by atoms with van der Waals surface area (Å²) in [7, 11) is 2.05. The zero-order valence-electron chi connectivity index (χ0n) is 10.3. The largest absolute Gasteiger partial charge is 0.397 e. The maximum absolute atomic E-state index is 5.69. The van der Waals surface area contributed by atoms with Gasteiger partial charge in [0.15, 0.2) is 0 Å². The second-order valence-electron chi connectivity index (χ2n) is 4.30. The number of nitrogens with zero attached hydrogens (tertiary/aromatic N) is 2. The van der Waals surface area contributed by atoms with E-state index in [0.717, 1.165) is 24.3 Å². The fourth-order valence-corrected chi connectivity index (χ4v) is 1.91. The van der Waals surface area contributed by atoms with Gasteiger partial charge in [-0.2, -0.15) is 0 Å². The molecule has 0 saturated carbocycles. The summed E-state index contributed by atoms with van der Waals surface area (Å²) in [6.45, 7) is 2.97. The number of nitrogens with two attached hydrogens (primary N) is 1. The molecule has 0 saturated heterocycles. The number of nitrogen functional groups attached to an aromatic ring is 1. The number of pyridine rings is 1. The number of hydrogen-bond donors (Lipinski definition) is 2. The predicted octanol–water partition coefficient (Wildman–Crippen LogP) is 1.98. The van der Waals surface area contributed by atoms with E-state index in [9.17, 15) is 0 Å². The van der Waals surface area contributed by atoms with E-state index in [4.69, 9.17) is 5.73 Å². The van der Waals surface area contributed by atoms with Crippen molar-refractivity contribution >= 4 is 11.5 Å². The van der Waals surface area contributed by atoms with Crippen molar-refractivity contribution in [3.63, 3.8) is 0 Å². The lowest BCUT2D eigenvalue weighted by molar-refractivity contribution is 0.856. The molecule has 17 heavy (non-hydrogen) atoms. The van der Waals surface area contributed by atoms with Crippen molar-refractivity contribution in [2.45, 2.75) is 13.3 Å². The van der Waals surface area contributed by atoms with E-state index >= 15 is 0 Å². The summed E-state index contributed by atoms with van der Waals surface area (Å²) in [4.78, 5) is 9.59. The van der Waals surface area contributed by atoms with E-state index in [-0.39, 0.29) is 0 Å². The molecule has 0 aromatic carbocycles. The molecule has 2 heterocycles. The van der Waals surface area contributed by atoms with Crippen LogP contribution in [0.15, 0.2) is 30.7 Å². The first-order valence-corrected chi connectivity index (χ1v) is 5.72. The highest BCUT2D eigenvalue weighted by Gasteiger charge is 2.06. The molecule has 0 radical (unpaired) electrons. The minimum atomic E-state index is 0.713. The van der Waals surface area contributed by atoms with Crippen molar-refractivity contribution in [1.29, 1.82) is 0 Å². The monoisotopic (exact) mass is 230 g/mol. The van der Waals surface area contributed by atoms with Crippen molar-refractivity contribution in [1.82, 2.24) is 9.97 Å². The van der Waals surface area contributed by atoms with Crippen LogP contribution in [0.4, 0.5) is 11.5 Å². The fraction of sp³-hybridized carbons (Fsp3) is 0.308. The molecule has 2 rings (SSSR count). The van der Waals surface area contributed by atoms with Crippen LogP contribution in [0.2, 0.25) is 0 Å². The number of aromatic amines is 1. The molecule has 0 aliphatic rings. The van der Waals surface area contributed by atoms with Gasteiger partial charge in [0.2, 0.25) is 0 Å². The zero-order chi connectivity index (χ0) is 12.3. The molecule has 90 valence electrons. The summed E-state index contributed by atoms with van der Waals surface area (Å²) >= 11 is 0. The third-order valence-corrected chi connectivity index (χ3v) is 2.83. The Morgan fingerprint density at radius 2 is 2.29 bits per heavy atom. The number of aromatic nitrogens is 2. The lowest BCUT2D eigenvalue weighted by atomic mass is 10.2. The molecule has 0 unspecified atom stereocenters. The highest BCUT2D eigenvalue weighted by molar-refractivity contribution is 5.52. The molecule has 0 aliphatic heterocycles. The van der Waals surface area contributed by atoms with E-state index in [1.54, 1.807) is 6.20 Å². The highest BCUT2D eigenvalue weighted by Crippen LogP contribution is 2.17. The van der Waals surface area contributed by atoms with Crippen molar-refractivity contribution in [2.75, 3.05) is 24.2 Å². The van der Waals surface area contributed by atoms with E-state index in [2.05, 4.69) is 28.0 Å².